The first-order valence-electron chi connectivity index (χ1n) is 8.28. The molecule has 0 unspecified atom stereocenters. The molecule has 0 saturated heterocycles. The maximum absolute atomic E-state index is 12.9. The Kier molecular flexibility index (Phi) is 5.03. The Morgan fingerprint density at radius 3 is 2.77 bits per heavy atom. The van der Waals surface area contributed by atoms with E-state index in [4.69, 9.17) is 10.1 Å². The average Bonchev–Trinajstić information content (AvgIpc) is 3.27. The molecule has 0 fully saturated rings. The van der Waals surface area contributed by atoms with Gasteiger partial charge in [0.2, 0.25) is 0 Å². The van der Waals surface area contributed by atoms with Crippen LogP contribution in [0.25, 0.3) is 21.6 Å². The number of fused-ring (bicyclic) bond motifs is 1. The fourth-order valence-corrected chi connectivity index (χ4v) is 3.38. The topological polar surface area (TPSA) is 88.3 Å². The van der Waals surface area contributed by atoms with Gasteiger partial charge in [0.1, 0.15) is 0 Å². The number of thiophene rings is 1. The van der Waals surface area contributed by atoms with E-state index in [2.05, 4.69) is 5.10 Å². The highest BCUT2D eigenvalue weighted by atomic mass is 32.1. The van der Waals surface area contributed by atoms with Crippen LogP contribution in [0.2, 0.25) is 0 Å². The molecule has 0 radical (unpaired) electrons. The molecule has 26 heavy (non-hydrogen) atoms. The summed E-state index contributed by atoms with van der Waals surface area (Å²) in [6, 6.07) is 5.76. The van der Waals surface area contributed by atoms with Crippen molar-refractivity contribution in [3.8, 4) is 10.6 Å². The van der Waals surface area contributed by atoms with Crippen molar-refractivity contribution < 1.29 is 14.7 Å². The molecule has 3 aromatic heterocycles. The SMILES string of the molecule is CC(C)n1ncc2c(C(=O)N(C)CCC(=O)O)cc(-c3cccs3)nc21. The van der Waals surface area contributed by atoms with Crippen molar-refractivity contribution in [2.45, 2.75) is 26.3 Å². The molecule has 0 atom stereocenters. The Morgan fingerprint density at radius 2 is 2.15 bits per heavy atom. The Balaban J connectivity index is 2.11. The Hall–Kier alpha value is -2.74. The van der Waals surface area contributed by atoms with Gasteiger partial charge < -0.3 is 10.0 Å². The first-order chi connectivity index (χ1) is 12.4. The molecule has 0 spiro atoms. The van der Waals surface area contributed by atoms with Gasteiger partial charge in [-0.3, -0.25) is 9.59 Å². The number of rotatable bonds is 6. The van der Waals surface area contributed by atoms with Gasteiger partial charge in [-0.2, -0.15) is 5.10 Å². The van der Waals surface area contributed by atoms with E-state index in [1.807, 2.05) is 31.4 Å². The van der Waals surface area contributed by atoms with Gasteiger partial charge in [-0.1, -0.05) is 6.07 Å². The van der Waals surface area contributed by atoms with Gasteiger partial charge in [-0.15, -0.1) is 11.3 Å². The molecule has 1 amide bonds. The molecular formula is C18H20N4O3S. The van der Waals surface area contributed by atoms with Gasteiger partial charge >= 0.3 is 5.97 Å². The maximum Gasteiger partial charge on any atom is 0.305 e. The molecule has 3 heterocycles. The monoisotopic (exact) mass is 372 g/mol. The summed E-state index contributed by atoms with van der Waals surface area (Å²) in [5.41, 5.74) is 1.85. The highest BCUT2D eigenvalue weighted by Gasteiger charge is 2.21. The highest BCUT2D eigenvalue weighted by molar-refractivity contribution is 7.13. The summed E-state index contributed by atoms with van der Waals surface area (Å²) in [7, 11) is 1.61. The van der Waals surface area contributed by atoms with Crippen LogP contribution in [0.5, 0.6) is 0 Å². The first-order valence-corrected chi connectivity index (χ1v) is 9.16. The second-order valence-electron chi connectivity index (χ2n) is 6.32. The number of carbonyl (C=O) groups excluding carboxylic acids is 1. The van der Waals surface area contributed by atoms with Crippen LogP contribution in [0, 0.1) is 0 Å². The van der Waals surface area contributed by atoms with E-state index in [-0.39, 0.29) is 24.9 Å². The molecule has 3 rings (SSSR count). The third-order valence-electron chi connectivity index (χ3n) is 4.07. The summed E-state index contributed by atoms with van der Waals surface area (Å²) in [4.78, 5) is 30.9. The number of hydrogen-bond acceptors (Lipinski definition) is 5. The fraction of sp³-hybridized carbons (Fsp3) is 0.333. The fourth-order valence-electron chi connectivity index (χ4n) is 2.69. The minimum Gasteiger partial charge on any atom is -0.481 e. The molecule has 0 aliphatic rings. The van der Waals surface area contributed by atoms with E-state index in [0.717, 1.165) is 4.88 Å². The van der Waals surface area contributed by atoms with E-state index in [0.29, 0.717) is 22.3 Å². The molecule has 0 aliphatic heterocycles. The van der Waals surface area contributed by atoms with E-state index < -0.39 is 5.97 Å². The predicted octanol–water partition coefficient (Wildman–Crippen LogP) is 3.29. The van der Waals surface area contributed by atoms with Crippen LogP contribution >= 0.6 is 11.3 Å². The van der Waals surface area contributed by atoms with Gasteiger partial charge in [0.25, 0.3) is 5.91 Å². The zero-order valence-electron chi connectivity index (χ0n) is 14.8. The molecule has 0 saturated carbocycles. The number of carbonyl (C=O) groups is 2. The lowest BCUT2D eigenvalue weighted by Crippen LogP contribution is -2.29. The van der Waals surface area contributed by atoms with E-state index in [1.54, 1.807) is 35.3 Å². The van der Waals surface area contributed by atoms with E-state index in [1.165, 1.54) is 4.90 Å². The minimum atomic E-state index is -0.934. The van der Waals surface area contributed by atoms with Crippen molar-refractivity contribution >= 4 is 34.2 Å². The normalized spacial score (nSPS) is 11.2. The summed E-state index contributed by atoms with van der Waals surface area (Å²) in [6.45, 7) is 4.16. The van der Waals surface area contributed by atoms with E-state index >= 15 is 0 Å². The molecule has 136 valence electrons. The maximum atomic E-state index is 12.9. The van der Waals surface area contributed by atoms with Crippen LogP contribution in [0.15, 0.2) is 29.8 Å². The number of amides is 1. The van der Waals surface area contributed by atoms with Crippen LogP contribution < -0.4 is 0 Å². The lowest BCUT2D eigenvalue weighted by atomic mass is 10.1. The number of aromatic nitrogens is 3. The summed E-state index contributed by atoms with van der Waals surface area (Å²) in [6.07, 6.45) is 1.55. The Morgan fingerprint density at radius 1 is 1.38 bits per heavy atom. The van der Waals surface area contributed by atoms with Crippen LogP contribution in [-0.4, -0.2) is 50.2 Å². The lowest BCUT2D eigenvalue weighted by Gasteiger charge is -2.17. The zero-order valence-corrected chi connectivity index (χ0v) is 15.7. The molecule has 0 aromatic carbocycles. The van der Waals surface area contributed by atoms with Crippen LogP contribution in [0.4, 0.5) is 0 Å². The minimum absolute atomic E-state index is 0.0977. The van der Waals surface area contributed by atoms with Crippen LogP contribution in [0.1, 0.15) is 36.7 Å². The number of aliphatic carboxylic acids is 1. The predicted molar refractivity (Wildman–Crippen MR) is 100 cm³/mol. The van der Waals surface area contributed by atoms with Gasteiger partial charge in [-0.25, -0.2) is 9.67 Å². The summed E-state index contributed by atoms with van der Waals surface area (Å²) < 4.78 is 1.79. The smallest absolute Gasteiger partial charge is 0.305 e. The van der Waals surface area contributed by atoms with Gasteiger partial charge in [0, 0.05) is 19.6 Å². The number of nitrogens with zero attached hydrogens (tertiary/aromatic N) is 4. The van der Waals surface area contributed by atoms with Crippen molar-refractivity contribution in [2.24, 2.45) is 0 Å². The summed E-state index contributed by atoms with van der Waals surface area (Å²) >= 11 is 1.55. The third kappa shape index (κ3) is 3.45. The van der Waals surface area contributed by atoms with Crippen LogP contribution in [-0.2, 0) is 4.79 Å². The van der Waals surface area contributed by atoms with Gasteiger partial charge in [0.05, 0.1) is 34.1 Å². The summed E-state index contributed by atoms with van der Waals surface area (Å²) in [5.74, 6) is -1.17. The Bertz CT molecular complexity index is 947. The van der Waals surface area contributed by atoms with Gasteiger partial charge in [0.15, 0.2) is 5.65 Å². The standard InChI is InChI=1S/C18H20N4O3S/c1-11(2)22-17-13(10-19-22)12(18(25)21(3)7-6-16(23)24)9-14(20-17)15-5-4-8-26-15/h4-5,8-11H,6-7H2,1-3H3,(H,23,24). The molecular weight excluding hydrogens is 352 g/mol. The van der Waals surface area contributed by atoms with Gasteiger partial charge in [-0.05, 0) is 31.4 Å². The molecule has 3 aromatic rings. The van der Waals surface area contributed by atoms with Crippen molar-refractivity contribution in [3.63, 3.8) is 0 Å². The average molecular weight is 372 g/mol. The summed E-state index contributed by atoms with van der Waals surface area (Å²) in [5, 5.41) is 15.9. The number of carboxylic acids is 1. The van der Waals surface area contributed by atoms with Crippen molar-refractivity contribution in [1.29, 1.82) is 0 Å². The molecule has 1 N–H and O–H groups in total. The Labute approximate surface area is 154 Å². The number of hydrogen-bond donors (Lipinski definition) is 1. The molecule has 7 nitrogen and oxygen atoms in total. The lowest BCUT2D eigenvalue weighted by molar-refractivity contribution is -0.137. The molecule has 0 aliphatic carbocycles. The van der Waals surface area contributed by atoms with Crippen LogP contribution in [0.3, 0.4) is 0 Å². The molecule has 8 heteroatoms. The number of carboxylic acid groups (broad SMARTS) is 1. The van der Waals surface area contributed by atoms with Crippen molar-refractivity contribution in [1.82, 2.24) is 19.7 Å². The first kappa shape index (κ1) is 18.1. The zero-order chi connectivity index (χ0) is 18.8. The quantitative estimate of drug-likeness (QED) is 0.717. The highest BCUT2D eigenvalue weighted by Crippen LogP contribution is 2.29. The second-order valence-corrected chi connectivity index (χ2v) is 7.27. The van der Waals surface area contributed by atoms with Crippen molar-refractivity contribution in [2.75, 3.05) is 13.6 Å². The van der Waals surface area contributed by atoms with E-state index in [9.17, 15) is 9.59 Å². The molecule has 0 bridgehead atoms. The van der Waals surface area contributed by atoms with Crippen molar-refractivity contribution in [3.05, 3.63) is 35.3 Å². The third-order valence-corrected chi connectivity index (χ3v) is 4.96. The second kappa shape index (κ2) is 7.25. The number of pyridine rings is 1. The largest absolute Gasteiger partial charge is 0.481 e.